The molecule has 0 unspecified atom stereocenters. The summed E-state index contributed by atoms with van der Waals surface area (Å²) in [5.74, 6) is 1.06. The van der Waals surface area contributed by atoms with Gasteiger partial charge in [0.1, 0.15) is 0 Å². The number of hydrogen-bond donors (Lipinski definition) is 3. The van der Waals surface area contributed by atoms with Gasteiger partial charge in [-0.3, -0.25) is 4.79 Å². The highest BCUT2D eigenvalue weighted by Crippen LogP contribution is 2.34. The van der Waals surface area contributed by atoms with Crippen molar-refractivity contribution in [1.29, 1.82) is 0 Å². The molecule has 0 aromatic heterocycles. The summed E-state index contributed by atoms with van der Waals surface area (Å²) in [5.41, 5.74) is 1.46. The zero-order valence-electron chi connectivity index (χ0n) is 13.4. The van der Waals surface area contributed by atoms with Gasteiger partial charge in [0.15, 0.2) is 11.5 Å². The molecule has 2 aliphatic heterocycles. The smallest absolute Gasteiger partial charge is 0.255 e. The third-order valence-corrected chi connectivity index (χ3v) is 4.35. The van der Waals surface area contributed by atoms with Crippen LogP contribution in [-0.2, 0) is 0 Å². The maximum Gasteiger partial charge on any atom is 0.255 e. The monoisotopic (exact) mass is 336 g/mol. The molecule has 3 N–H and O–H groups in total. The van der Waals surface area contributed by atoms with Gasteiger partial charge in [-0.05, 0) is 37.6 Å². The van der Waals surface area contributed by atoms with E-state index in [-0.39, 0.29) is 19.3 Å². The predicted molar refractivity (Wildman–Crippen MR) is 92.8 cm³/mol. The second-order valence-corrected chi connectivity index (χ2v) is 6.22. The fraction of sp³-hybridized carbons (Fsp3) is 0.611. The van der Waals surface area contributed by atoms with Crippen LogP contribution < -0.4 is 20.1 Å². The van der Waals surface area contributed by atoms with Crippen molar-refractivity contribution in [2.45, 2.75) is 33.3 Å². The van der Waals surface area contributed by atoms with Crippen LogP contribution in [0.5, 0.6) is 11.5 Å². The third kappa shape index (κ3) is 4.19. The van der Waals surface area contributed by atoms with Gasteiger partial charge in [0.25, 0.3) is 5.91 Å². The molecule has 134 valence electrons. The first-order valence-corrected chi connectivity index (χ1v) is 8.22. The Bertz CT molecular complexity index is 576. The van der Waals surface area contributed by atoms with Crippen molar-refractivity contribution in [2.75, 3.05) is 32.8 Å². The van der Waals surface area contributed by atoms with Gasteiger partial charge in [0.05, 0.1) is 24.9 Å². The van der Waals surface area contributed by atoms with Crippen LogP contribution in [0.4, 0.5) is 0 Å². The maximum atomic E-state index is 12.6. The topological polar surface area (TPSA) is 79.8 Å². The standard InChI is InChI=1S/C17H24N2O4.CH4/c1-11-7-13(16-15(8-11)22-5-2-6-23-16)17(21)19-9-12-3-4-18-10-14(12)20;/h7-8,12,14,18,20H,2-6,9-10H2,1H3,(H,19,21);1H4/t12-,14+;/m0./s1. The number of aliphatic hydroxyl groups is 1. The highest BCUT2D eigenvalue weighted by atomic mass is 16.5. The Balaban J connectivity index is 0.00000208. The Morgan fingerprint density at radius 1 is 1.38 bits per heavy atom. The summed E-state index contributed by atoms with van der Waals surface area (Å²) >= 11 is 0. The van der Waals surface area contributed by atoms with E-state index in [1.54, 1.807) is 0 Å². The first kappa shape index (κ1) is 18.5. The van der Waals surface area contributed by atoms with E-state index in [0.29, 0.717) is 43.4 Å². The van der Waals surface area contributed by atoms with Gasteiger partial charge >= 0.3 is 0 Å². The van der Waals surface area contributed by atoms with Crippen molar-refractivity contribution in [3.63, 3.8) is 0 Å². The van der Waals surface area contributed by atoms with Gasteiger partial charge < -0.3 is 25.2 Å². The van der Waals surface area contributed by atoms with E-state index >= 15 is 0 Å². The van der Waals surface area contributed by atoms with Crippen molar-refractivity contribution in [3.8, 4) is 11.5 Å². The number of rotatable bonds is 3. The fourth-order valence-corrected chi connectivity index (χ4v) is 3.03. The Labute approximate surface area is 143 Å². The second kappa shape index (κ2) is 8.35. The zero-order chi connectivity index (χ0) is 16.2. The lowest BCUT2D eigenvalue weighted by atomic mass is 9.95. The molecular formula is C18H28N2O4. The molecule has 0 spiro atoms. The lowest BCUT2D eigenvalue weighted by molar-refractivity contribution is 0.0752. The molecule has 3 rings (SSSR count). The van der Waals surface area contributed by atoms with Crippen LogP contribution >= 0.6 is 0 Å². The molecular weight excluding hydrogens is 308 g/mol. The molecule has 2 aliphatic rings. The van der Waals surface area contributed by atoms with Gasteiger partial charge in [-0.15, -0.1) is 0 Å². The van der Waals surface area contributed by atoms with E-state index < -0.39 is 6.10 Å². The van der Waals surface area contributed by atoms with E-state index in [1.165, 1.54) is 0 Å². The number of aryl methyl sites for hydroxylation is 1. The normalized spacial score (nSPS) is 22.9. The van der Waals surface area contributed by atoms with Crippen LogP contribution in [0.3, 0.4) is 0 Å². The number of amides is 1. The minimum atomic E-state index is -0.418. The highest BCUT2D eigenvalue weighted by molar-refractivity contribution is 5.98. The summed E-state index contributed by atoms with van der Waals surface area (Å²) in [6, 6.07) is 3.72. The SMILES string of the molecule is C.Cc1cc2c(c(C(=O)NC[C@@H]3CCNC[C@H]3O)c1)OCCCO2. The fourth-order valence-electron chi connectivity index (χ4n) is 3.03. The number of β-amino-alcohol motifs (C(OH)–C–C–N with tert-alkyl or cyclic N) is 1. The Morgan fingerprint density at radius 3 is 2.96 bits per heavy atom. The van der Waals surface area contributed by atoms with Crippen molar-refractivity contribution < 1.29 is 19.4 Å². The van der Waals surface area contributed by atoms with Crippen molar-refractivity contribution in [1.82, 2.24) is 10.6 Å². The average molecular weight is 336 g/mol. The van der Waals surface area contributed by atoms with E-state index in [2.05, 4.69) is 10.6 Å². The third-order valence-electron chi connectivity index (χ3n) is 4.35. The van der Waals surface area contributed by atoms with Gasteiger partial charge in [-0.2, -0.15) is 0 Å². The first-order valence-electron chi connectivity index (χ1n) is 8.22. The van der Waals surface area contributed by atoms with E-state index in [4.69, 9.17) is 9.47 Å². The molecule has 6 heteroatoms. The van der Waals surface area contributed by atoms with Crippen LogP contribution in [0.1, 0.15) is 36.2 Å². The lowest BCUT2D eigenvalue weighted by Gasteiger charge is -2.28. The molecule has 1 aromatic carbocycles. The lowest BCUT2D eigenvalue weighted by Crippen LogP contribution is -2.45. The van der Waals surface area contributed by atoms with Gasteiger partial charge in [-0.1, -0.05) is 7.43 Å². The van der Waals surface area contributed by atoms with Crippen LogP contribution in [0.25, 0.3) is 0 Å². The van der Waals surface area contributed by atoms with Gasteiger partial charge in [0, 0.05) is 25.4 Å². The van der Waals surface area contributed by atoms with Crippen molar-refractivity contribution in [3.05, 3.63) is 23.3 Å². The number of benzene rings is 1. The van der Waals surface area contributed by atoms with Gasteiger partial charge in [-0.25, -0.2) is 0 Å². The minimum absolute atomic E-state index is 0. The zero-order valence-corrected chi connectivity index (χ0v) is 13.4. The number of aliphatic hydroxyl groups excluding tert-OH is 1. The summed E-state index contributed by atoms with van der Waals surface area (Å²) in [6.07, 6.45) is 1.24. The van der Waals surface area contributed by atoms with Crippen molar-refractivity contribution >= 4 is 5.91 Å². The summed E-state index contributed by atoms with van der Waals surface area (Å²) < 4.78 is 11.4. The van der Waals surface area contributed by atoms with E-state index in [1.807, 2.05) is 19.1 Å². The summed E-state index contributed by atoms with van der Waals surface area (Å²) in [7, 11) is 0. The Hall–Kier alpha value is -1.79. The van der Waals surface area contributed by atoms with Crippen LogP contribution in [0, 0.1) is 12.8 Å². The summed E-state index contributed by atoms with van der Waals surface area (Å²) in [4.78, 5) is 12.6. The van der Waals surface area contributed by atoms with Crippen LogP contribution in [0.2, 0.25) is 0 Å². The number of carbonyl (C=O) groups excluding carboxylic acids is 1. The number of piperidine rings is 1. The second-order valence-electron chi connectivity index (χ2n) is 6.22. The van der Waals surface area contributed by atoms with Crippen molar-refractivity contribution in [2.24, 2.45) is 5.92 Å². The average Bonchev–Trinajstić information content (AvgIpc) is 2.78. The molecule has 1 fully saturated rings. The number of fused-ring (bicyclic) bond motifs is 1. The molecule has 2 heterocycles. The Morgan fingerprint density at radius 2 is 2.17 bits per heavy atom. The molecule has 0 bridgehead atoms. The highest BCUT2D eigenvalue weighted by Gasteiger charge is 2.25. The molecule has 2 atom stereocenters. The maximum absolute atomic E-state index is 12.6. The summed E-state index contributed by atoms with van der Waals surface area (Å²) in [6.45, 7) is 4.99. The first-order chi connectivity index (χ1) is 11.1. The molecule has 1 amide bonds. The largest absolute Gasteiger partial charge is 0.490 e. The molecule has 1 aromatic rings. The minimum Gasteiger partial charge on any atom is -0.490 e. The number of nitrogens with one attached hydrogen (secondary N) is 2. The van der Waals surface area contributed by atoms with Crippen LogP contribution in [-0.4, -0.2) is 50.0 Å². The predicted octanol–water partition coefficient (Wildman–Crippen LogP) is 1.49. The van der Waals surface area contributed by atoms with Gasteiger partial charge in [0.2, 0.25) is 0 Å². The molecule has 0 radical (unpaired) electrons. The summed E-state index contributed by atoms with van der Waals surface area (Å²) in [5, 5.41) is 16.0. The van der Waals surface area contributed by atoms with E-state index in [9.17, 15) is 9.90 Å². The molecule has 0 saturated carbocycles. The van der Waals surface area contributed by atoms with E-state index in [0.717, 1.165) is 24.9 Å². The quantitative estimate of drug-likeness (QED) is 0.779. The molecule has 1 saturated heterocycles. The number of ether oxygens (including phenoxy) is 2. The Kier molecular flexibility index (Phi) is 6.45. The molecule has 0 aliphatic carbocycles. The number of carbonyl (C=O) groups is 1. The molecule has 6 nitrogen and oxygen atoms in total. The molecule has 24 heavy (non-hydrogen) atoms. The number of hydrogen-bond acceptors (Lipinski definition) is 5. The van der Waals surface area contributed by atoms with Crippen LogP contribution in [0.15, 0.2) is 12.1 Å².